The van der Waals surface area contributed by atoms with Crippen LogP contribution in [0.1, 0.15) is 19.8 Å². The number of hydrogen-bond acceptors (Lipinski definition) is 4. The van der Waals surface area contributed by atoms with Crippen molar-refractivity contribution in [3.05, 3.63) is 0 Å². The lowest BCUT2D eigenvalue weighted by molar-refractivity contribution is -0.141. The van der Waals surface area contributed by atoms with Gasteiger partial charge in [-0.25, -0.2) is 0 Å². The van der Waals surface area contributed by atoms with Gasteiger partial charge in [-0.2, -0.15) is 0 Å². The van der Waals surface area contributed by atoms with Gasteiger partial charge in [0, 0.05) is 26.6 Å². The minimum absolute atomic E-state index is 0.0732. The molecular formula is C10H20N2O4. The molecule has 1 amide bonds. The van der Waals surface area contributed by atoms with Gasteiger partial charge < -0.3 is 20.5 Å². The molecule has 0 bridgehead atoms. The lowest BCUT2D eigenvalue weighted by Crippen LogP contribution is -2.42. The Kier molecular flexibility index (Phi) is 8.46. The lowest BCUT2D eigenvalue weighted by atomic mass is 10.3. The van der Waals surface area contributed by atoms with Crippen LogP contribution in [0.15, 0.2) is 0 Å². The maximum atomic E-state index is 11.2. The first-order valence-corrected chi connectivity index (χ1v) is 5.33. The summed E-state index contributed by atoms with van der Waals surface area (Å²) in [5.74, 6) is -1.05. The van der Waals surface area contributed by atoms with E-state index in [0.717, 1.165) is 6.42 Å². The van der Waals surface area contributed by atoms with Crippen molar-refractivity contribution in [2.45, 2.75) is 25.8 Å². The standard InChI is InChI=1S/C10H20N2O4/c1-3-5-12-9(13)4-6-11-8(7-16-2)10(14)15/h8,11H,3-7H2,1-2H3,(H,12,13)(H,14,15). The summed E-state index contributed by atoms with van der Waals surface area (Å²) in [4.78, 5) is 21.9. The van der Waals surface area contributed by atoms with Gasteiger partial charge in [0.2, 0.25) is 5.91 Å². The number of nitrogens with one attached hydrogen (secondary N) is 2. The second-order valence-corrected chi connectivity index (χ2v) is 3.40. The van der Waals surface area contributed by atoms with E-state index in [0.29, 0.717) is 13.1 Å². The lowest BCUT2D eigenvalue weighted by Gasteiger charge is -2.12. The third-order valence-corrected chi connectivity index (χ3v) is 1.95. The van der Waals surface area contributed by atoms with E-state index in [1.807, 2.05) is 6.92 Å². The Morgan fingerprint density at radius 1 is 1.38 bits per heavy atom. The van der Waals surface area contributed by atoms with Crippen LogP contribution in [0.4, 0.5) is 0 Å². The zero-order valence-electron chi connectivity index (χ0n) is 9.78. The fourth-order valence-electron chi connectivity index (χ4n) is 1.10. The SMILES string of the molecule is CCCNC(=O)CCNC(COC)C(=O)O. The summed E-state index contributed by atoms with van der Waals surface area (Å²) in [5, 5.41) is 14.2. The first-order chi connectivity index (χ1) is 7.61. The first kappa shape index (κ1) is 14.9. The molecule has 0 aromatic heterocycles. The molecule has 0 aliphatic carbocycles. The van der Waals surface area contributed by atoms with E-state index in [9.17, 15) is 9.59 Å². The molecule has 6 heteroatoms. The second kappa shape index (κ2) is 9.11. The Hall–Kier alpha value is -1.14. The number of carbonyl (C=O) groups is 2. The summed E-state index contributed by atoms with van der Waals surface area (Å²) in [6.45, 7) is 3.04. The van der Waals surface area contributed by atoms with Crippen LogP contribution in [-0.4, -0.2) is 49.8 Å². The predicted molar refractivity (Wildman–Crippen MR) is 59.2 cm³/mol. The summed E-state index contributed by atoms with van der Waals surface area (Å²) in [7, 11) is 1.44. The largest absolute Gasteiger partial charge is 0.480 e. The Labute approximate surface area is 95.4 Å². The Morgan fingerprint density at radius 2 is 2.06 bits per heavy atom. The van der Waals surface area contributed by atoms with Crippen molar-refractivity contribution >= 4 is 11.9 Å². The Balaban J connectivity index is 3.68. The van der Waals surface area contributed by atoms with E-state index in [1.54, 1.807) is 0 Å². The van der Waals surface area contributed by atoms with Gasteiger partial charge in [0.1, 0.15) is 6.04 Å². The minimum Gasteiger partial charge on any atom is -0.480 e. The number of carboxylic acid groups (broad SMARTS) is 1. The third kappa shape index (κ3) is 7.19. The first-order valence-electron chi connectivity index (χ1n) is 5.33. The van der Waals surface area contributed by atoms with Gasteiger partial charge in [-0.05, 0) is 6.42 Å². The number of hydrogen-bond donors (Lipinski definition) is 3. The monoisotopic (exact) mass is 232 g/mol. The molecule has 94 valence electrons. The van der Waals surface area contributed by atoms with Gasteiger partial charge in [0.15, 0.2) is 0 Å². The number of methoxy groups -OCH3 is 1. The van der Waals surface area contributed by atoms with Crippen molar-refractivity contribution < 1.29 is 19.4 Å². The highest BCUT2D eigenvalue weighted by atomic mass is 16.5. The fourth-order valence-corrected chi connectivity index (χ4v) is 1.10. The molecule has 6 nitrogen and oxygen atoms in total. The van der Waals surface area contributed by atoms with Crippen LogP contribution in [-0.2, 0) is 14.3 Å². The van der Waals surface area contributed by atoms with Crippen molar-refractivity contribution in [3.8, 4) is 0 Å². The van der Waals surface area contributed by atoms with Crippen LogP contribution in [0.25, 0.3) is 0 Å². The summed E-state index contributed by atoms with van der Waals surface area (Å²) < 4.78 is 4.74. The van der Waals surface area contributed by atoms with Crippen LogP contribution in [0.5, 0.6) is 0 Å². The maximum absolute atomic E-state index is 11.2. The molecule has 0 heterocycles. The summed E-state index contributed by atoms with van der Waals surface area (Å²) in [6, 6.07) is -0.760. The van der Waals surface area contributed by atoms with Gasteiger partial charge in [0.25, 0.3) is 0 Å². The molecule has 0 radical (unpaired) electrons. The molecule has 0 aliphatic heterocycles. The van der Waals surface area contributed by atoms with Crippen LogP contribution in [0, 0.1) is 0 Å². The van der Waals surface area contributed by atoms with Gasteiger partial charge in [-0.1, -0.05) is 6.92 Å². The Bertz CT molecular complexity index is 221. The molecule has 1 unspecified atom stereocenters. The zero-order chi connectivity index (χ0) is 12.4. The molecule has 0 saturated heterocycles. The average Bonchev–Trinajstić information content (AvgIpc) is 2.25. The summed E-state index contributed by atoms with van der Waals surface area (Å²) in [6.07, 6.45) is 1.16. The van der Waals surface area contributed by atoms with E-state index in [2.05, 4.69) is 10.6 Å². The van der Waals surface area contributed by atoms with Crippen molar-refractivity contribution in [2.75, 3.05) is 26.8 Å². The highest BCUT2D eigenvalue weighted by Gasteiger charge is 2.16. The van der Waals surface area contributed by atoms with Gasteiger partial charge in [0.05, 0.1) is 6.61 Å². The molecule has 0 spiro atoms. The molecule has 0 saturated carbocycles. The van der Waals surface area contributed by atoms with Gasteiger partial charge >= 0.3 is 5.97 Å². The molecule has 16 heavy (non-hydrogen) atoms. The van der Waals surface area contributed by atoms with Crippen LogP contribution in [0.2, 0.25) is 0 Å². The number of ether oxygens (including phenoxy) is 1. The average molecular weight is 232 g/mol. The van der Waals surface area contributed by atoms with Crippen LogP contribution in [0.3, 0.4) is 0 Å². The smallest absolute Gasteiger partial charge is 0.323 e. The van der Waals surface area contributed by atoms with Crippen molar-refractivity contribution in [2.24, 2.45) is 0 Å². The molecule has 0 aliphatic rings. The van der Waals surface area contributed by atoms with Gasteiger partial charge in [-0.15, -0.1) is 0 Å². The molecule has 0 rings (SSSR count). The van der Waals surface area contributed by atoms with Crippen LogP contribution < -0.4 is 10.6 Å². The molecule has 0 aromatic rings. The van der Waals surface area contributed by atoms with E-state index < -0.39 is 12.0 Å². The molecule has 0 fully saturated rings. The van der Waals surface area contributed by atoms with Crippen molar-refractivity contribution in [1.82, 2.24) is 10.6 Å². The molecule has 1 atom stereocenters. The van der Waals surface area contributed by atoms with Crippen LogP contribution >= 0.6 is 0 Å². The highest BCUT2D eigenvalue weighted by molar-refractivity contribution is 5.76. The minimum atomic E-state index is -0.976. The van der Waals surface area contributed by atoms with E-state index in [-0.39, 0.29) is 18.9 Å². The quantitative estimate of drug-likeness (QED) is 0.503. The third-order valence-electron chi connectivity index (χ3n) is 1.95. The molecular weight excluding hydrogens is 212 g/mol. The van der Waals surface area contributed by atoms with E-state index in [1.165, 1.54) is 7.11 Å². The molecule has 0 aromatic carbocycles. The zero-order valence-corrected chi connectivity index (χ0v) is 9.78. The van der Waals surface area contributed by atoms with Gasteiger partial charge in [-0.3, -0.25) is 9.59 Å². The number of amides is 1. The van der Waals surface area contributed by atoms with E-state index >= 15 is 0 Å². The van der Waals surface area contributed by atoms with E-state index in [4.69, 9.17) is 9.84 Å². The number of carboxylic acids is 1. The summed E-state index contributed by atoms with van der Waals surface area (Å²) >= 11 is 0. The predicted octanol–water partition coefficient (Wildman–Crippen LogP) is -0.408. The topological polar surface area (TPSA) is 87.7 Å². The highest BCUT2D eigenvalue weighted by Crippen LogP contribution is 1.87. The number of carbonyl (C=O) groups excluding carboxylic acids is 1. The summed E-state index contributed by atoms with van der Waals surface area (Å²) in [5.41, 5.74) is 0. The Morgan fingerprint density at radius 3 is 2.56 bits per heavy atom. The normalized spacial score (nSPS) is 12.1. The maximum Gasteiger partial charge on any atom is 0.323 e. The fraction of sp³-hybridized carbons (Fsp3) is 0.800. The van der Waals surface area contributed by atoms with Crippen molar-refractivity contribution in [3.63, 3.8) is 0 Å². The second-order valence-electron chi connectivity index (χ2n) is 3.40. The number of aliphatic carboxylic acids is 1. The molecule has 3 N–H and O–H groups in total. The number of rotatable bonds is 9. The van der Waals surface area contributed by atoms with Crippen molar-refractivity contribution in [1.29, 1.82) is 0 Å².